The minimum absolute atomic E-state index is 0.183. The van der Waals surface area contributed by atoms with Gasteiger partial charge in [0.1, 0.15) is 28.2 Å². The maximum atomic E-state index is 9.38. The summed E-state index contributed by atoms with van der Waals surface area (Å²) >= 11 is 5.16. The van der Waals surface area contributed by atoms with Crippen LogP contribution in [0.3, 0.4) is 0 Å². The number of rotatable bonds is 3. The summed E-state index contributed by atoms with van der Waals surface area (Å²) in [5.41, 5.74) is 8.82. The van der Waals surface area contributed by atoms with Crippen molar-refractivity contribution in [1.29, 1.82) is 10.5 Å². The summed E-state index contributed by atoms with van der Waals surface area (Å²) in [6, 6.07) is 11.9. The van der Waals surface area contributed by atoms with Crippen molar-refractivity contribution >= 4 is 18.0 Å². The zero-order valence-corrected chi connectivity index (χ0v) is 15.1. The Labute approximate surface area is 152 Å². The minimum atomic E-state index is 0.183. The smallest absolute Gasteiger partial charge is 0.123 e. The van der Waals surface area contributed by atoms with E-state index in [4.69, 9.17) is 22.7 Å². The fourth-order valence-electron chi connectivity index (χ4n) is 2.68. The van der Waals surface area contributed by atoms with E-state index in [-0.39, 0.29) is 21.6 Å². The lowest BCUT2D eigenvalue weighted by molar-refractivity contribution is -0.0312. The topological polar surface area (TPSA) is 98.6 Å². The van der Waals surface area contributed by atoms with Gasteiger partial charge in [-0.15, -0.1) is 0 Å². The van der Waals surface area contributed by atoms with Gasteiger partial charge in [0.25, 0.3) is 0 Å². The standard InChI is InChI=1S/C17H14N4OS.C2H6/c18-6-13-15(14(7-19)17(23)21-16(13)20)12-3-1-10(2-4-12)5-11-8-22-9-11;1-2/h1-4,11H,5,8-9H2,(H3,20,21,23);1-2H3. The summed E-state index contributed by atoms with van der Waals surface area (Å²) < 4.78 is 5.43. The lowest BCUT2D eigenvalue weighted by Gasteiger charge is -2.25. The van der Waals surface area contributed by atoms with Gasteiger partial charge in [-0.2, -0.15) is 10.5 Å². The van der Waals surface area contributed by atoms with Crippen LogP contribution in [0, 0.1) is 33.2 Å². The van der Waals surface area contributed by atoms with E-state index in [0.29, 0.717) is 11.5 Å². The number of nitrogens with two attached hydrogens (primary N) is 1. The van der Waals surface area contributed by atoms with E-state index >= 15 is 0 Å². The van der Waals surface area contributed by atoms with Crippen LogP contribution in [-0.4, -0.2) is 18.2 Å². The van der Waals surface area contributed by atoms with Crippen LogP contribution >= 0.6 is 12.2 Å². The first-order chi connectivity index (χ1) is 12.1. The molecule has 0 unspecified atom stereocenters. The van der Waals surface area contributed by atoms with Gasteiger partial charge in [-0.3, -0.25) is 0 Å². The number of ether oxygens (including phenoxy) is 1. The van der Waals surface area contributed by atoms with Gasteiger partial charge in [0.15, 0.2) is 0 Å². The second-order valence-electron chi connectivity index (χ2n) is 5.52. The number of nitrogens with zero attached hydrogens (tertiary/aromatic N) is 2. The zero-order valence-electron chi connectivity index (χ0n) is 14.3. The van der Waals surface area contributed by atoms with Crippen molar-refractivity contribution < 1.29 is 4.74 Å². The highest BCUT2D eigenvalue weighted by Gasteiger charge is 2.19. The van der Waals surface area contributed by atoms with Gasteiger partial charge < -0.3 is 15.5 Å². The van der Waals surface area contributed by atoms with E-state index < -0.39 is 0 Å². The Hall–Kier alpha value is -2.67. The molecule has 0 bridgehead atoms. The monoisotopic (exact) mass is 352 g/mol. The first-order valence-electron chi connectivity index (χ1n) is 8.17. The molecule has 0 atom stereocenters. The number of hydrogen-bond donors (Lipinski definition) is 2. The van der Waals surface area contributed by atoms with Gasteiger partial charge in [-0.1, -0.05) is 50.3 Å². The summed E-state index contributed by atoms with van der Waals surface area (Å²) in [4.78, 5) is 2.71. The highest BCUT2D eigenvalue weighted by molar-refractivity contribution is 7.71. The van der Waals surface area contributed by atoms with E-state index in [9.17, 15) is 10.5 Å². The Morgan fingerprint density at radius 3 is 2.24 bits per heavy atom. The molecule has 0 amide bonds. The molecule has 0 saturated carbocycles. The molecule has 3 N–H and O–H groups in total. The van der Waals surface area contributed by atoms with Gasteiger partial charge >= 0.3 is 0 Å². The molecule has 0 radical (unpaired) electrons. The second kappa shape index (κ2) is 8.43. The Kier molecular flexibility index (Phi) is 6.30. The Bertz CT molecular complexity index is 884. The molecule has 128 valence electrons. The molecular formula is C19H20N4OS. The lowest BCUT2D eigenvalue weighted by Crippen LogP contribution is -2.29. The lowest BCUT2D eigenvalue weighted by atomic mass is 9.93. The third-order valence-corrected chi connectivity index (χ3v) is 4.25. The van der Waals surface area contributed by atoms with Gasteiger partial charge in [0.2, 0.25) is 0 Å². The third-order valence-electron chi connectivity index (χ3n) is 3.94. The van der Waals surface area contributed by atoms with Crippen molar-refractivity contribution in [3.8, 4) is 23.3 Å². The largest absolute Gasteiger partial charge is 0.384 e. The third kappa shape index (κ3) is 3.88. The molecule has 25 heavy (non-hydrogen) atoms. The SMILES string of the molecule is CC.N#Cc1c(N)[nH]c(=S)c(C#N)c1-c1ccc(CC2COC2)cc1. The normalized spacial score (nSPS) is 13.0. The van der Waals surface area contributed by atoms with E-state index in [1.165, 1.54) is 5.56 Å². The maximum absolute atomic E-state index is 9.38. The number of aromatic nitrogens is 1. The highest BCUT2D eigenvalue weighted by Crippen LogP contribution is 2.31. The molecule has 0 spiro atoms. The van der Waals surface area contributed by atoms with E-state index in [2.05, 4.69) is 17.1 Å². The molecule has 1 aromatic carbocycles. The van der Waals surface area contributed by atoms with Gasteiger partial charge in [0.05, 0.1) is 18.8 Å². The Morgan fingerprint density at radius 2 is 1.76 bits per heavy atom. The number of H-pyrrole nitrogens is 1. The number of anilines is 1. The second-order valence-corrected chi connectivity index (χ2v) is 5.93. The van der Waals surface area contributed by atoms with E-state index in [1.54, 1.807) is 0 Å². The molecule has 1 fully saturated rings. The van der Waals surface area contributed by atoms with Gasteiger partial charge in [-0.05, 0) is 17.5 Å². The first-order valence-corrected chi connectivity index (χ1v) is 8.58. The summed E-state index contributed by atoms with van der Waals surface area (Å²) in [6.07, 6.45) is 0.966. The number of benzene rings is 1. The summed E-state index contributed by atoms with van der Waals surface area (Å²) in [5, 5.41) is 18.8. The fraction of sp³-hybridized carbons (Fsp3) is 0.316. The molecule has 2 heterocycles. The Morgan fingerprint density at radius 1 is 1.16 bits per heavy atom. The van der Waals surface area contributed by atoms with E-state index in [0.717, 1.165) is 25.2 Å². The highest BCUT2D eigenvalue weighted by atomic mass is 32.1. The summed E-state index contributed by atoms with van der Waals surface area (Å²) in [7, 11) is 0. The zero-order chi connectivity index (χ0) is 18.4. The molecule has 2 aromatic rings. The fourth-order valence-corrected chi connectivity index (χ4v) is 2.93. The average molecular weight is 352 g/mol. The summed E-state index contributed by atoms with van der Waals surface area (Å²) in [6.45, 7) is 5.62. The maximum Gasteiger partial charge on any atom is 0.123 e. The molecule has 1 saturated heterocycles. The molecule has 3 rings (SSSR count). The van der Waals surface area contributed by atoms with Crippen LogP contribution < -0.4 is 5.73 Å². The molecule has 6 heteroatoms. The molecule has 1 aliphatic rings. The minimum Gasteiger partial charge on any atom is -0.384 e. The predicted molar refractivity (Wildman–Crippen MR) is 100 cm³/mol. The average Bonchev–Trinajstić information content (AvgIpc) is 2.60. The van der Waals surface area contributed by atoms with Crippen LogP contribution in [0.4, 0.5) is 5.82 Å². The number of pyridine rings is 1. The molecule has 0 aliphatic carbocycles. The summed E-state index contributed by atoms with van der Waals surface area (Å²) in [5.74, 6) is 0.758. The van der Waals surface area contributed by atoms with Crippen molar-refractivity contribution in [2.45, 2.75) is 20.3 Å². The molecule has 5 nitrogen and oxygen atoms in total. The molecule has 1 aliphatic heterocycles. The molecule has 1 aromatic heterocycles. The van der Waals surface area contributed by atoms with Gasteiger partial charge in [0, 0.05) is 11.5 Å². The van der Waals surface area contributed by atoms with Crippen LogP contribution in [0.15, 0.2) is 24.3 Å². The van der Waals surface area contributed by atoms with Crippen LogP contribution in [0.5, 0.6) is 0 Å². The van der Waals surface area contributed by atoms with Crippen molar-refractivity contribution in [2.75, 3.05) is 18.9 Å². The predicted octanol–water partition coefficient (Wildman–Crippen LogP) is 3.95. The van der Waals surface area contributed by atoms with Crippen molar-refractivity contribution in [3.05, 3.63) is 45.6 Å². The molecular weight excluding hydrogens is 332 g/mol. The first kappa shape index (κ1) is 18.7. The van der Waals surface area contributed by atoms with Crippen LogP contribution in [0.1, 0.15) is 30.5 Å². The van der Waals surface area contributed by atoms with Crippen molar-refractivity contribution in [2.24, 2.45) is 5.92 Å². The number of hydrogen-bond acceptors (Lipinski definition) is 5. The van der Waals surface area contributed by atoms with Crippen molar-refractivity contribution in [1.82, 2.24) is 4.98 Å². The van der Waals surface area contributed by atoms with Gasteiger partial charge in [-0.25, -0.2) is 0 Å². The number of aromatic amines is 1. The number of nitrogens with one attached hydrogen (secondary N) is 1. The van der Waals surface area contributed by atoms with Crippen molar-refractivity contribution in [3.63, 3.8) is 0 Å². The van der Waals surface area contributed by atoms with Crippen LogP contribution in [0.2, 0.25) is 0 Å². The Balaban J connectivity index is 0.00000109. The number of nitriles is 2. The quantitative estimate of drug-likeness (QED) is 0.815. The number of nitrogen functional groups attached to an aromatic ring is 1. The van der Waals surface area contributed by atoms with Crippen LogP contribution in [0.25, 0.3) is 11.1 Å². The van der Waals surface area contributed by atoms with Crippen LogP contribution in [-0.2, 0) is 11.2 Å². The van der Waals surface area contributed by atoms with E-state index in [1.807, 2.05) is 38.1 Å².